The van der Waals surface area contributed by atoms with Gasteiger partial charge in [0.25, 0.3) is 0 Å². The highest BCUT2D eigenvalue weighted by Gasteiger charge is 2.52. The molecule has 0 N–H and O–H groups in total. The van der Waals surface area contributed by atoms with Gasteiger partial charge in [-0.05, 0) is 81.0 Å². The lowest BCUT2D eigenvalue weighted by molar-refractivity contribution is 0.205. The molecule has 0 aromatic carbocycles. The van der Waals surface area contributed by atoms with Gasteiger partial charge in [-0.3, -0.25) is 0 Å². The summed E-state index contributed by atoms with van der Waals surface area (Å²) in [6, 6.07) is 0. The second-order valence-corrected chi connectivity index (χ2v) is 9.97. The number of hydrogen-bond donors (Lipinski definition) is 0. The lowest BCUT2D eigenvalue weighted by Gasteiger charge is -2.43. The molecule has 0 aromatic heterocycles. The molecule has 5 rings (SSSR count). The van der Waals surface area contributed by atoms with Crippen LogP contribution in [0.4, 0.5) is 0 Å². The van der Waals surface area contributed by atoms with Crippen LogP contribution in [0, 0.1) is 35.5 Å². The largest absolute Gasteiger partial charge is 0.0890 e. The minimum atomic E-state index is 0.771. The van der Waals surface area contributed by atoms with E-state index in [2.05, 4.69) is 40.2 Å². The van der Waals surface area contributed by atoms with Crippen LogP contribution in [0.2, 0.25) is 0 Å². The zero-order valence-electron chi connectivity index (χ0n) is 14.1. The maximum atomic E-state index is 3.92. The van der Waals surface area contributed by atoms with Gasteiger partial charge in [-0.25, -0.2) is 0 Å². The monoisotopic (exact) mass is 372 g/mol. The van der Waals surface area contributed by atoms with Gasteiger partial charge in [0.1, 0.15) is 0 Å². The van der Waals surface area contributed by atoms with Gasteiger partial charge < -0.3 is 0 Å². The number of rotatable bonds is 1. The predicted octanol–water partition coefficient (Wildman–Crippen LogP) is 6.44. The molecular formula is C22H29Br. The van der Waals surface area contributed by atoms with Gasteiger partial charge in [0, 0.05) is 10.7 Å². The predicted molar refractivity (Wildman–Crippen MR) is 101 cm³/mol. The fourth-order valence-electron chi connectivity index (χ4n) is 6.86. The lowest BCUT2D eigenvalue weighted by Crippen LogP contribution is -2.33. The van der Waals surface area contributed by atoms with Crippen molar-refractivity contribution in [3.05, 3.63) is 35.5 Å². The lowest BCUT2D eigenvalue weighted by atomic mass is 9.62. The molecule has 5 aliphatic rings. The molecule has 0 aromatic rings. The van der Waals surface area contributed by atoms with Gasteiger partial charge in [0.2, 0.25) is 0 Å². The Balaban J connectivity index is 1.48. The zero-order chi connectivity index (χ0) is 15.4. The number of halogens is 1. The third-order valence-electron chi connectivity index (χ3n) is 7.68. The molecule has 0 aliphatic heterocycles. The fraction of sp³-hybridized carbons (Fsp3) is 0.727. The summed E-state index contributed by atoms with van der Waals surface area (Å²) >= 11 is 3.92. The fourth-order valence-corrected chi connectivity index (χ4v) is 7.64. The molecule has 0 heterocycles. The van der Waals surface area contributed by atoms with Gasteiger partial charge in [-0.1, -0.05) is 57.8 Å². The quantitative estimate of drug-likeness (QED) is 0.367. The van der Waals surface area contributed by atoms with Crippen LogP contribution in [-0.2, 0) is 0 Å². The van der Waals surface area contributed by atoms with Crippen molar-refractivity contribution in [1.29, 1.82) is 0 Å². The Morgan fingerprint density at radius 3 is 2.78 bits per heavy atom. The molecule has 0 saturated heterocycles. The summed E-state index contributed by atoms with van der Waals surface area (Å²) in [7, 11) is 0. The third-order valence-corrected chi connectivity index (χ3v) is 8.51. The maximum absolute atomic E-state index is 3.92. The molecule has 0 amide bonds. The molecule has 2 fully saturated rings. The van der Waals surface area contributed by atoms with Gasteiger partial charge in [-0.15, -0.1) is 0 Å². The molecule has 5 aliphatic carbocycles. The van der Waals surface area contributed by atoms with E-state index in [0.29, 0.717) is 0 Å². The summed E-state index contributed by atoms with van der Waals surface area (Å²) in [5.74, 6) is 5.44. The normalized spacial score (nSPS) is 48.3. The first-order valence-electron chi connectivity index (χ1n) is 10.0. The third kappa shape index (κ3) is 2.36. The molecule has 1 heteroatoms. The highest BCUT2D eigenvalue weighted by molar-refractivity contribution is 9.09. The first-order valence-corrected chi connectivity index (χ1v) is 10.9. The Hall–Kier alpha value is -0.300. The highest BCUT2D eigenvalue weighted by atomic mass is 79.9. The van der Waals surface area contributed by atoms with E-state index in [4.69, 9.17) is 0 Å². The minimum Gasteiger partial charge on any atom is -0.0890 e. The van der Waals surface area contributed by atoms with Crippen molar-refractivity contribution >= 4 is 15.9 Å². The van der Waals surface area contributed by atoms with Crippen molar-refractivity contribution in [2.45, 2.75) is 62.6 Å². The summed E-state index contributed by atoms with van der Waals surface area (Å²) < 4.78 is 0. The van der Waals surface area contributed by atoms with Crippen molar-refractivity contribution < 1.29 is 0 Å². The second kappa shape index (κ2) is 5.90. The Labute approximate surface area is 149 Å². The molecule has 0 bridgehead atoms. The molecule has 0 radical (unpaired) electrons. The van der Waals surface area contributed by atoms with E-state index < -0.39 is 0 Å². The van der Waals surface area contributed by atoms with E-state index in [0.717, 1.165) is 40.3 Å². The summed E-state index contributed by atoms with van der Waals surface area (Å²) in [6.07, 6.45) is 23.0. The van der Waals surface area contributed by atoms with Gasteiger partial charge in [0.05, 0.1) is 0 Å². The molecule has 7 unspecified atom stereocenters. The molecule has 2 saturated carbocycles. The van der Waals surface area contributed by atoms with Gasteiger partial charge in [-0.2, -0.15) is 0 Å². The second-order valence-electron chi connectivity index (χ2n) is 8.67. The smallest absolute Gasteiger partial charge is 0.0151 e. The van der Waals surface area contributed by atoms with Crippen LogP contribution in [0.3, 0.4) is 0 Å². The van der Waals surface area contributed by atoms with E-state index in [1.807, 2.05) is 11.1 Å². The number of hydrogen-bond acceptors (Lipinski definition) is 0. The molecule has 0 spiro atoms. The van der Waals surface area contributed by atoms with Crippen LogP contribution >= 0.6 is 15.9 Å². The SMILES string of the molecule is BrC1CCCC(C2=CCC3C4CCC=CC4C4=CCCC2C43)C1. The Bertz CT molecular complexity index is 569. The van der Waals surface area contributed by atoms with Crippen LogP contribution in [0.1, 0.15) is 57.8 Å². The zero-order valence-corrected chi connectivity index (χ0v) is 15.7. The van der Waals surface area contributed by atoms with Crippen molar-refractivity contribution in [1.82, 2.24) is 0 Å². The average Bonchev–Trinajstić information content (AvgIpc) is 2.92. The number of allylic oxidation sites excluding steroid dienone is 6. The summed E-state index contributed by atoms with van der Waals surface area (Å²) in [4.78, 5) is 0.771. The van der Waals surface area contributed by atoms with Crippen LogP contribution in [0.25, 0.3) is 0 Å². The van der Waals surface area contributed by atoms with E-state index >= 15 is 0 Å². The Morgan fingerprint density at radius 2 is 1.87 bits per heavy atom. The standard InChI is InChI=1S/C22H29Br/c23-15-6-3-5-14(13-15)16-11-12-21-18-8-2-1-7-17(18)20-10-4-9-19(16)22(20)21/h1,7,10-11,14-15,17-19,21-22H,2-6,8-9,12-13H2. The first kappa shape index (κ1) is 15.0. The molecular weight excluding hydrogens is 344 g/mol. The molecule has 0 nitrogen and oxygen atoms in total. The Morgan fingerprint density at radius 1 is 0.913 bits per heavy atom. The van der Waals surface area contributed by atoms with Crippen LogP contribution < -0.4 is 0 Å². The highest BCUT2D eigenvalue weighted by Crippen LogP contribution is 2.61. The summed E-state index contributed by atoms with van der Waals surface area (Å²) in [5.41, 5.74) is 3.76. The van der Waals surface area contributed by atoms with Crippen molar-refractivity contribution in [2.24, 2.45) is 35.5 Å². The van der Waals surface area contributed by atoms with E-state index in [-0.39, 0.29) is 0 Å². The van der Waals surface area contributed by atoms with E-state index in [1.165, 1.54) is 57.8 Å². The molecule has 7 atom stereocenters. The summed E-state index contributed by atoms with van der Waals surface area (Å²) in [5, 5.41) is 0. The van der Waals surface area contributed by atoms with Crippen LogP contribution in [0.15, 0.2) is 35.5 Å². The van der Waals surface area contributed by atoms with Crippen LogP contribution in [-0.4, -0.2) is 4.83 Å². The Kier molecular flexibility index (Phi) is 3.85. The minimum absolute atomic E-state index is 0.771. The van der Waals surface area contributed by atoms with Gasteiger partial charge in [0.15, 0.2) is 0 Å². The van der Waals surface area contributed by atoms with Gasteiger partial charge >= 0.3 is 0 Å². The average molecular weight is 373 g/mol. The van der Waals surface area contributed by atoms with Crippen molar-refractivity contribution in [3.8, 4) is 0 Å². The maximum Gasteiger partial charge on any atom is 0.0151 e. The molecule has 23 heavy (non-hydrogen) atoms. The van der Waals surface area contributed by atoms with E-state index in [9.17, 15) is 0 Å². The van der Waals surface area contributed by atoms with Crippen molar-refractivity contribution in [2.75, 3.05) is 0 Å². The first-order chi connectivity index (χ1) is 11.3. The summed E-state index contributed by atoms with van der Waals surface area (Å²) in [6.45, 7) is 0. The number of fused-ring (bicyclic) bond motifs is 3. The van der Waals surface area contributed by atoms with Crippen molar-refractivity contribution in [3.63, 3.8) is 0 Å². The van der Waals surface area contributed by atoms with E-state index in [1.54, 1.807) is 0 Å². The van der Waals surface area contributed by atoms with Crippen LogP contribution in [0.5, 0.6) is 0 Å². The topological polar surface area (TPSA) is 0 Å². The molecule has 124 valence electrons. The number of alkyl halides is 1.